The van der Waals surface area contributed by atoms with Crippen LogP contribution in [0.3, 0.4) is 0 Å². The minimum absolute atomic E-state index is 0.0349. The second-order valence-electron chi connectivity index (χ2n) is 12.3. The van der Waals surface area contributed by atoms with Crippen molar-refractivity contribution < 1.29 is 23.9 Å². The molecule has 12 heteroatoms. The maximum atomic E-state index is 13.9. The maximum Gasteiger partial charge on any atom is 0.258 e. The molecule has 2 saturated heterocycles. The number of ether oxygens (including phenoxy) is 1. The van der Waals surface area contributed by atoms with Gasteiger partial charge in [-0.2, -0.15) is 0 Å². The van der Waals surface area contributed by atoms with Crippen LogP contribution < -0.4 is 15.4 Å². The molecule has 0 aliphatic carbocycles. The number of halogens is 2. The van der Waals surface area contributed by atoms with E-state index >= 15 is 0 Å². The van der Waals surface area contributed by atoms with Gasteiger partial charge in [-0.3, -0.25) is 19.2 Å². The Morgan fingerprint density at radius 3 is 2.27 bits per heavy atom. The molecule has 4 amide bonds. The molecule has 2 aliphatic rings. The first-order valence-electron chi connectivity index (χ1n) is 14.2. The number of carbonyl (C=O) groups is 4. The molecular formula is C29H43Cl2N5O5. The molecule has 1 aromatic rings. The molecule has 0 bridgehead atoms. The van der Waals surface area contributed by atoms with E-state index in [2.05, 4.69) is 15.5 Å². The molecule has 0 unspecified atom stereocenters. The number of hydrogen-bond donors (Lipinski definition) is 2. The fourth-order valence-electron chi connectivity index (χ4n) is 5.08. The fraction of sp³-hybridized carbons (Fsp3) is 0.655. The third-order valence-electron chi connectivity index (χ3n) is 7.09. The molecule has 1 aromatic carbocycles. The van der Waals surface area contributed by atoms with Crippen LogP contribution in [0.25, 0.3) is 0 Å². The number of likely N-dealkylation sites (tertiary alicyclic amines) is 1. The van der Waals surface area contributed by atoms with E-state index < -0.39 is 23.5 Å². The Morgan fingerprint density at radius 2 is 1.66 bits per heavy atom. The monoisotopic (exact) mass is 611 g/mol. The van der Waals surface area contributed by atoms with Crippen LogP contribution in [0.5, 0.6) is 5.75 Å². The summed E-state index contributed by atoms with van der Waals surface area (Å²) in [5.41, 5.74) is -0.405. The lowest BCUT2D eigenvalue weighted by Gasteiger charge is -2.36. The van der Waals surface area contributed by atoms with Gasteiger partial charge >= 0.3 is 0 Å². The van der Waals surface area contributed by atoms with E-state index in [4.69, 9.17) is 27.9 Å². The minimum atomic E-state index is -0.866. The zero-order valence-corrected chi connectivity index (χ0v) is 26.4. The van der Waals surface area contributed by atoms with E-state index in [-0.39, 0.29) is 51.6 Å². The van der Waals surface area contributed by atoms with Gasteiger partial charge in [-0.05, 0) is 59.1 Å². The average molecular weight is 613 g/mol. The van der Waals surface area contributed by atoms with Crippen molar-refractivity contribution in [3.05, 3.63) is 27.7 Å². The van der Waals surface area contributed by atoms with Crippen LogP contribution >= 0.6 is 23.2 Å². The number of nitrogens with one attached hydrogen (secondary N) is 2. The van der Waals surface area contributed by atoms with Crippen molar-refractivity contribution in [2.75, 3.05) is 46.4 Å². The molecule has 2 fully saturated rings. The predicted octanol–water partition coefficient (Wildman–Crippen LogP) is 3.20. The number of nitrogens with zero attached hydrogens (tertiary/aromatic N) is 3. The number of piperazine rings is 1. The molecule has 0 spiro atoms. The van der Waals surface area contributed by atoms with Gasteiger partial charge in [-0.1, -0.05) is 37.0 Å². The summed E-state index contributed by atoms with van der Waals surface area (Å²) in [5.74, 6) is -1.12. The van der Waals surface area contributed by atoms with Crippen molar-refractivity contribution in [1.82, 2.24) is 25.3 Å². The third kappa shape index (κ3) is 9.21. The van der Waals surface area contributed by atoms with E-state index in [1.165, 1.54) is 12.1 Å². The highest BCUT2D eigenvalue weighted by atomic mass is 35.5. The maximum absolute atomic E-state index is 13.9. The van der Waals surface area contributed by atoms with Crippen molar-refractivity contribution in [2.45, 2.75) is 71.5 Å². The van der Waals surface area contributed by atoms with E-state index in [1.807, 2.05) is 46.6 Å². The zero-order chi connectivity index (χ0) is 30.5. The highest BCUT2D eigenvalue weighted by Gasteiger charge is 2.40. The molecule has 2 atom stereocenters. The molecular weight excluding hydrogens is 569 g/mol. The first kappa shape index (κ1) is 32.9. The molecule has 3 rings (SSSR count). The standard InChI is InChI=1S/C29H43Cl2N5O5/c1-18(2)14-22(27(39)36-9-7-8-23(36)28(40)35-12-10-34(6)11-13-35)32-26(38)19-15-20(30)21(31)16-24(19)41-17-25(37)33-29(3,4)5/h15-16,18,22-23H,7-14,17H2,1-6H3,(H,32,38)(H,33,37)/t22-,23-/m1/s1. The number of rotatable bonds is 9. The van der Waals surface area contributed by atoms with Gasteiger partial charge in [0.05, 0.1) is 15.6 Å². The van der Waals surface area contributed by atoms with Crippen LogP contribution in [0.15, 0.2) is 12.1 Å². The van der Waals surface area contributed by atoms with Gasteiger partial charge < -0.3 is 30.1 Å². The van der Waals surface area contributed by atoms with Gasteiger partial charge in [0, 0.05) is 44.3 Å². The third-order valence-corrected chi connectivity index (χ3v) is 7.81. The highest BCUT2D eigenvalue weighted by molar-refractivity contribution is 6.42. The summed E-state index contributed by atoms with van der Waals surface area (Å²) in [7, 11) is 2.03. The SMILES string of the molecule is CC(C)C[C@@H](NC(=O)c1cc(Cl)c(Cl)cc1OCC(=O)NC(C)(C)C)C(=O)N1CCC[C@@H]1C(=O)N1CCN(C)CC1. The molecule has 0 radical (unpaired) electrons. The number of benzene rings is 1. The lowest BCUT2D eigenvalue weighted by atomic mass is 10.0. The minimum Gasteiger partial charge on any atom is -0.483 e. The van der Waals surface area contributed by atoms with Gasteiger partial charge in [-0.15, -0.1) is 0 Å². The Morgan fingerprint density at radius 1 is 1.02 bits per heavy atom. The molecule has 2 heterocycles. The van der Waals surface area contributed by atoms with Crippen molar-refractivity contribution >= 4 is 46.8 Å². The lowest BCUT2D eigenvalue weighted by molar-refractivity contribution is -0.145. The summed E-state index contributed by atoms with van der Waals surface area (Å²) in [6.07, 6.45) is 1.70. The quantitative estimate of drug-likeness (QED) is 0.444. The molecule has 41 heavy (non-hydrogen) atoms. The molecule has 10 nitrogen and oxygen atoms in total. The van der Waals surface area contributed by atoms with Crippen molar-refractivity contribution in [1.29, 1.82) is 0 Å². The van der Waals surface area contributed by atoms with Crippen molar-refractivity contribution in [2.24, 2.45) is 5.92 Å². The van der Waals surface area contributed by atoms with Gasteiger partial charge in [0.2, 0.25) is 11.8 Å². The van der Waals surface area contributed by atoms with Gasteiger partial charge in [-0.25, -0.2) is 0 Å². The summed E-state index contributed by atoms with van der Waals surface area (Å²) in [4.78, 5) is 58.8. The molecule has 0 aromatic heterocycles. The van der Waals surface area contributed by atoms with E-state index in [0.717, 1.165) is 19.5 Å². The number of carbonyl (C=O) groups excluding carboxylic acids is 4. The Balaban J connectivity index is 1.78. The molecule has 228 valence electrons. The molecule has 0 saturated carbocycles. The van der Waals surface area contributed by atoms with Gasteiger partial charge in [0.25, 0.3) is 11.8 Å². The normalized spacial score (nSPS) is 18.8. The topological polar surface area (TPSA) is 111 Å². The fourth-order valence-corrected chi connectivity index (χ4v) is 5.39. The van der Waals surface area contributed by atoms with Crippen LogP contribution in [0, 0.1) is 5.92 Å². The number of likely N-dealkylation sites (N-methyl/N-ethyl adjacent to an activating group) is 1. The van der Waals surface area contributed by atoms with Crippen LogP contribution in [0.1, 0.15) is 64.2 Å². The second-order valence-corrected chi connectivity index (χ2v) is 13.1. The average Bonchev–Trinajstić information content (AvgIpc) is 3.37. The highest BCUT2D eigenvalue weighted by Crippen LogP contribution is 2.31. The summed E-state index contributed by atoms with van der Waals surface area (Å²) in [6.45, 7) is 12.4. The van der Waals surface area contributed by atoms with E-state index in [1.54, 1.807) is 4.90 Å². The second kappa shape index (κ2) is 14.1. The predicted molar refractivity (Wildman–Crippen MR) is 159 cm³/mol. The summed E-state index contributed by atoms with van der Waals surface area (Å²) in [5, 5.41) is 5.94. The van der Waals surface area contributed by atoms with Crippen molar-refractivity contribution in [3.63, 3.8) is 0 Å². The van der Waals surface area contributed by atoms with Crippen molar-refractivity contribution in [3.8, 4) is 5.75 Å². The first-order chi connectivity index (χ1) is 19.2. The van der Waals surface area contributed by atoms with Gasteiger partial charge in [0.15, 0.2) is 6.61 Å². The van der Waals surface area contributed by atoms with Crippen LogP contribution in [0.4, 0.5) is 0 Å². The summed E-state index contributed by atoms with van der Waals surface area (Å²) in [6, 6.07) is 1.34. The number of amides is 4. The van der Waals surface area contributed by atoms with Crippen LogP contribution in [-0.4, -0.2) is 102 Å². The van der Waals surface area contributed by atoms with E-state index in [0.29, 0.717) is 32.5 Å². The Bertz CT molecular complexity index is 1130. The molecule has 2 aliphatic heterocycles. The Kier molecular flexibility index (Phi) is 11.3. The van der Waals surface area contributed by atoms with Crippen LogP contribution in [-0.2, 0) is 14.4 Å². The number of hydrogen-bond acceptors (Lipinski definition) is 6. The Hall–Kier alpha value is -2.56. The van der Waals surface area contributed by atoms with Crippen LogP contribution in [0.2, 0.25) is 10.0 Å². The lowest BCUT2D eigenvalue weighted by Crippen LogP contribution is -2.56. The molecule has 2 N–H and O–H groups in total. The largest absolute Gasteiger partial charge is 0.483 e. The smallest absolute Gasteiger partial charge is 0.258 e. The summed E-state index contributed by atoms with van der Waals surface area (Å²) < 4.78 is 5.68. The Labute approximate surface area is 253 Å². The first-order valence-corrected chi connectivity index (χ1v) is 14.9. The zero-order valence-electron chi connectivity index (χ0n) is 24.9. The van der Waals surface area contributed by atoms with Gasteiger partial charge in [0.1, 0.15) is 17.8 Å². The van der Waals surface area contributed by atoms with E-state index in [9.17, 15) is 19.2 Å². The summed E-state index contributed by atoms with van der Waals surface area (Å²) >= 11 is 12.4.